The second-order valence-corrected chi connectivity index (χ2v) is 4.12. The van der Waals surface area contributed by atoms with E-state index < -0.39 is 4.92 Å². The fraction of sp³-hybridized carbons (Fsp3) is 0.0769. The summed E-state index contributed by atoms with van der Waals surface area (Å²) in [6.45, 7) is 1.75. The summed E-state index contributed by atoms with van der Waals surface area (Å²) in [5, 5.41) is 11.4. The summed E-state index contributed by atoms with van der Waals surface area (Å²) >= 11 is 5.96. The number of hydrogen-bond acceptors (Lipinski definition) is 3. The highest BCUT2D eigenvalue weighted by Crippen LogP contribution is 2.36. The highest BCUT2D eigenvalue weighted by Gasteiger charge is 2.18. The van der Waals surface area contributed by atoms with Crippen LogP contribution in [0.2, 0.25) is 5.02 Å². The molecule has 0 amide bonds. The Kier molecular flexibility index (Phi) is 3.48. The fourth-order valence-electron chi connectivity index (χ4n) is 1.55. The summed E-state index contributed by atoms with van der Waals surface area (Å²) in [5.41, 5.74) is 0.610. The van der Waals surface area contributed by atoms with Gasteiger partial charge < -0.3 is 4.74 Å². The Labute approximate surface area is 109 Å². The Morgan fingerprint density at radius 3 is 2.56 bits per heavy atom. The van der Waals surface area contributed by atoms with Crippen molar-refractivity contribution in [2.45, 2.75) is 6.92 Å². The number of aryl methyl sites for hydroxylation is 1. The molecule has 5 heteroatoms. The zero-order valence-electron chi connectivity index (χ0n) is 9.59. The van der Waals surface area contributed by atoms with Crippen LogP contribution in [0.3, 0.4) is 0 Å². The van der Waals surface area contributed by atoms with E-state index in [0.717, 1.165) is 0 Å². The van der Waals surface area contributed by atoms with Gasteiger partial charge in [0.2, 0.25) is 5.75 Å². The van der Waals surface area contributed by atoms with Crippen LogP contribution in [0.4, 0.5) is 5.69 Å². The summed E-state index contributed by atoms with van der Waals surface area (Å²) in [7, 11) is 0. The highest BCUT2D eigenvalue weighted by atomic mass is 35.5. The van der Waals surface area contributed by atoms with E-state index in [1.807, 2.05) is 0 Å². The third-order valence-electron chi connectivity index (χ3n) is 2.44. The van der Waals surface area contributed by atoms with Crippen LogP contribution in [0.15, 0.2) is 42.5 Å². The molecule has 0 bridgehead atoms. The lowest BCUT2D eigenvalue weighted by atomic mass is 10.2. The van der Waals surface area contributed by atoms with Gasteiger partial charge >= 0.3 is 5.69 Å². The van der Waals surface area contributed by atoms with Gasteiger partial charge in [0.05, 0.1) is 9.95 Å². The molecule has 0 fully saturated rings. The van der Waals surface area contributed by atoms with Gasteiger partial charge in [-0.15, -0.1) is 0 Å². The van der Waals surface area contributed by atoms with Gasteiger partial charge in [-0.05, 0) is 24.6 Å². The van der Waals surface area contributed by atoms with E-state index in [1.54, 1.807) is 43.3 Å². The number of nitrogens with zero attached hydrogens (tertiary/aromatic N) is 1. The molecule has 18 heavy (non-hydrogen) atoms. The predicted molar refractivity (Wildman–Crippen MR) is 69.4 cm³/mol. The van der Waals surface area contributed by atoms with Crippen molar-refractivity contribution in [3.05, 3.63) is 63.2 Å². The molecule has 0 aromatic heterocycles. The molecule has 0 saturated heterocycles. The van der Waals surface area contributed by atoms with Gasteiger partial charge in [-0.1, -0.05) is 35.9 Å². The molecule has 92 valence electrons. The fourth-order valence-corrected chi connectivity index (χ4v) is 1.73. The molecule has 0 unspecified atom stereocenters. The number of nitro benzene ring substituents is 1. The minimum atomic E-state index is -0.473. The first-order valence-corrected chi connectivity index (χ1v) is 5.64. The molecular formula is C13H10ClNO3. The standard InChI is InChI=1S/C13H10ClNO3/c1-9-5-4-7-11(15(16)17)13(9)18-12-8-3-2-6-10(12)14/h2-8H,1H3. The first kappa shape index (κ1) is 12.4. The molecule has 2 aromatic carbocycles. The van der Waals surface area contributed by atoms with Crippen molar-refractivity contribution < 1.29 is 9.66 Å². The number of halogens is 1. The highest BCUT2D eigenvalue weighted by molar-refractivity contribution is 6.32. The molecule has 2 aromatic rings. The van der Waals surface area contributed by atoms with Crippen LogP contribution in [0, 0.1) is 17.0 Å². The van der Waals surface area contributed by atoms with E-state index in [4.69, 9.17) is 16.3 Å². The number of nitro groups is 1. The van der Waals surface area contributed by atoms with Crippen LogP contribution in [0.5, 0.6) is 11.5 Å². The van der Waals surface area contributed by atoms with Crippen LogP contribution in [0.1, 0.15) is 5.56 Å². The smallest absolute Gasteiger partial charge is 0.311 e. The molecule has 0 aliphatic heterocycles. The van der Waals surface area contributed by atoms with Crippen LogP contribution in [-0.4, -0.2) is 4.92 Å². The number of rotatable bonds is 3. The van der Waals surface area contributed by atoms with Crippen molar-refractivity contribution in [2.24, 2.45) is 0 Å². The quantitative estimate of drug-likeness (QED) is 0.611. The van der Waals surface area contributed by atoms with Crippen molar-refractivity contribution in [3.8, 4) is 11.5 Å². The SMILES string of the molecule is Cc1cccc([N+](=O)[O-])c1Oc1ccccc1Cl. The summed E-state index contributed by atoms with van der Waals surface area (Å²) in [6.07, 6.45) is 0. The van der Waals surface area contributed by atoms with Gasteiger partial charge in [-0.2, -0.15) is 0 Å². The Hall–Kier alpha value is -2.07. The number of ether oxygens (including phenoxy) is 1. The maximum atomic E-state index is 10.9. The Bertz CT molecular complexity index is 599. The van der Waals surface area contributed by atoms with Gasteiger partial charge in [-0.3, -0.25) is 10.1 Å². The summed E-state index contributed by atoms with van der Waals surface area (Å²) in [6, 6.07) is 11.6. The maximum Gasteiger partial charge on any atom is 0.311 e. The van der Waals surface area contributed by atoms with E-state index in [2.05, 4.69) is 0 Å². The molecular weight excluding hydrogens is 254 g/mol. The van der Waals surface area contributed by atoms with Crippen molar-refractivity contribution >= 4 is 17.3 Å². The van der Waals surface area contributed by atoms with Gasteiger partial charge in [0.25, 0.3) is 0 Å². The molecule has 2 rings (SSSR count). The average Bonchev–Trinajstić information content (AvgIpc) is 2.34. The van der Waals surface area contributed by atoms with Crippen molar-refractivity contribution in [2.75, 3.05) is 0 Å². The van der Waals surface area contributed by atoms with Crippen LogP contribution < -0.4 is 4.74 Å². The van der Waals surface area contributed by atoms with E-state index in [1.165, 1.54) is 6.07 Å². The van der Waals surface area contributed by atoms with Gasteiger partial charge in [0.1, 0.15) is 5.75 Å². The maximum absolute atomic E-state index is 10.9. The zero-order valence-corrected chi connectivity index (χ0v) is 10.3. The second kappa shape index (κ2) is 5.06. The molecule has 0 spiro atoms. The van der Waals surface area contributed by atoms with E-state index in [-0.39, 0.29) is 11.4 Å². The molecule has 4 nitrogen and oxygen atoms in total. The molecule has 0 aliphatic rings. The zero-order chi connectivity index (χ0) is 13.1. The Balaban J connectivity index is 2.46. The normalized spacial score (nSPS) is 10.1. The van der Waals surface area contributed by atoms with Crippen molar-refractivity contribution in [1.29, 1.82) is 0 Å². The minimum absolute atomic E-state index is 0.0741. The third-order valence-corrected chi connectivity index (χ3v) is 2.75. The first-order valence-electron chi connectivity index (χ1n) is 5.26. The lowest BCUT2D eigenvalue weighted by molar-refractivity contribution is -0.385. The predicted octanol–water partition coefficient (Wildman–Crippen LogP) is 4.35. The molecule has 0 N–H and O–H groups in total. The van der Waals surface area contributed by atoms with Crippen LogP contribution >= 0.6 is 11.6 Å². The van der Waals surface area contributed by atoms with Gasteiger partial charge in [0, 0.05) is 6.07 Å². The van der Waals surface area contributed by atoms with Gasteiger partial charge in [-0.25, -0.2) is 0 Å². The largest absolute Gasteiger partial charge is 0.448 e. The van der Waals surface area contributed by atoms with Crippen molar-refractivity contribution in [3.63, 3.8) is 0 Å². The molecule has 0 aliphatic carbocycles. The summed E-state index contributed by atoms with van der Waals surface area (Å²) < 4.78 is 5.56. The van der Waals surface area contributed by atoms with Crippen molar-refractivity contribution in [1.82, 2.24) is 0 Å². The summed E-state index contributed by atoms with van der Waals surface area (Å²) in [4.78, 5) is 10.5. The monoisotopic (exact) mass is 263 g/mol. The number of para-hydroxylation sites is 2. The molecule has 0 atom stereocenters. The first-order chi connectivity index (χ1) is 8.59. The second-order valence-electron chi connectivity index (χ2n) is 3.71. The van der Waals surface area contributed by atoms with E-state index in [0.29, 0.717) is 16.3 Å². The minimum Gasteiger partial charge on any atom is -0.448 e. The Morgan fingerprint density at radius 1 is 1.17 bits per heavy atom. The molecule has 0 heterocycles. The van der Waals surface area contributed by atoms with E-state index in [9.17, 15) is 10.1 Å². The number of hydrogen-bond donors (Lipinski definition) is 0. The van der Waals surface area contributed by atoms with E-state index >= 15 is 0 Å². The molecule has 0 saturated carbocycles. The van der Waals surface area contributed by atoms with Crippen LogP contribution in [-0.2, 0) is 0 Å². The third kappa shape index (κ3) is 2.43. The van der Waals surface area contributed by atoms with Gasteiger partial charge in [0.15, 0.2) is 0 Å². The van der Waals surface area contributed by atoms with Crippen LogP contribution in [0.25, 0.3) is 0 Å². The lowest BCUT2D eigenvalue weighted by Crippen LogP contribution is -1.95. The Morgan fingerprint density at radius 2 is 1.89 bits per heavy atom. The number of benzene rings is 2. The molecule has 0 radical (unpaired) electrons. The lowest BCUT2D eigenvalue weighted by Gasteiger charge is -2.09. The topological polar surface area (TPSA) is 52.4 Å². The average molecular weight is 264 g/mol. The summed E-state index contributed by atoms with van der Waals surface area (Å²) in [5.74, 6) is 0.618.